The summed E-state index contributed by atoms with van der Waals surface area (Å²) in [6.45, 7) is 4.55. The van der Waals surface area contributed by atoms with Crippen molar-refractivity contribution in [2.24, 2.45) is 5.92 Å². The minimum Gasteiger partial charge on any atom is -0.462 e. The van der Waals surface area contributed by atoms with Crippen molar-refractivity contribution in [3.8, 4) is 12.1 Å². The van der Waals surface area contributed by atoms with E-state index in [1.54, 1.807) is 24.3 Å². The Kier molecular flexibility index (Phi) is 8.87. The molecule has 0 saturated carbocycles. The van der Waals surface area contributed by atoms with E-state index >= 15 is 0 Å². The molecule has 1 aromatic carbocycles. The Morgan fingerprint density at radius 3 is 2.34 bits per heavy atom. The first kappa shape index (κ1) is 24.0. The summed E-state index contributed by atoms with van der Waals surface area (Å²) in [5.74, 6) is -0.264. The molecular formula is C21H23N7O4. The average molecular weight is 437 g/mol. The molecule has 0 atom stereocenters. The number of benzene rings is 1. The number of hydrogen-bond donors (Lipinski definition) is 1. The van der Waals surface area contributed by atoms with Gasteiger partial charge in [-0.25, -0.2) is 14.8 Å². The minimum absolute atomic E-state index is 0.0203. The summed E-state index contributed by atoms with van der Waals surface area (Å²) in [5, 5.41) is 32.5. The molecule has 11 nitrogen and oxygen atoms in total. The molecule has 11 heteroatoms. The van der Waals surface area contributed by atoms with Crippen LogP contribution in [0.3, 0.4) is 0 Å². The van der Waals surface area contributed by atoms with Crippen molar-refractivity contribution in [1.82, 2.24) is 9.97 Å². The normalized spacial score (nSPS) is 10.2. The number of anilines is 3. The van der Waals surface area contributed by atoms with E-state index in [1.807, 2.05) is 26.0 Å². The predicted molar refractivity (Wildman–Crippen MR) is 116 cm³/mol. The van der Waals surface area contributed by atoms with E-state index in [2.05, 4.69) is 15.3 Å². The van der Waals surface area contributed by atoms with Crippen LogP contribution in [0.4, 0.5) is 23.0 Å². The van der Waals surface area contributed by atoms with Crippen LogP contribution in [-0.4, -0.2) is 40.6 Å². The molecule has 32 heavy (non-hydrogen) atoms. The number of hydrogen-bond acceptors (Lipinski definition) is 10. The van der Waals surface area contributed by atoms with Crippen molar-refractivity contribution in [3.63, 3.8) is 0 Å². The molecule has 0 fully saturated rings. The summed E-state index contributed by atoms with van der Waals surface area (Å²) >= 11 is 0. The van der Waals surface area contributed by atoms with Crippen molar-refractivity contribution < 1.29 is 14.5 Å². The smallest absolute Gasteiger partial charge is 0.353 e. The van der Waals surface area contributed by atoms with Gasteiger partial charge in [0.1, 0.15) is 6.33 Å². The highest BCUT2D eigenvalue weighted by molar-refractivity contribution is 5.90. The molecule has 0 bridgehead atoms. The van der Waals surface area contributed by atoms with Crippen molar-refractivity contribution in [2.45, 2.75) is 26.7 Å². The molecule has 1 N–H and O–H groups in total. The SMILES string of the molecule is CC(C)COC(=O)c1ccc(Nc2ncnc(N(CCC#N)CCC#N)c2[N+](=O)[O-])cc1. The van der Waals surface area contributed by atoms with Gasteiger partial charge in [-0.1, -0.05) is 13.8 Å². The maximum atomic E-state index is 12.1. The highest BCUT2D eigenvalue weighted by Crippen LogP contribution is 2.33. The molecule has 0 saturated heterocycles. The quantitative estimate of drug-likeness (QED) is 0.313. The van der Waals surface area contributed by atoms with Crippen LogP contribution in [0, 0.1) is 38.7 Å². The maximum Gasteiger partial charge on any atom is 0.353 e. The van der Waals surface area contributed by atoms with Crippen molar-refractivity contribution in [2.75, 3.05) is 29.9 Å². The number of nitriles is 2. The molecule has 0 aliphatic heterocycles. The number of rotatable bonds is 11. The number of aromatic nitrogens is 2. The van der Waals surface area contributed by atoms with Gasteiger partial charge in [-0.3, -0.25) is 10.1 Å². The molecule has 0 aliphatic carbocycles. The number of carbonyl (C=O) groups excluding carboxylic acids is 1. The summed E-state index contributed by atoms with van der Waals surface area (Å²) in [5.41, 5.74) is 0.454. The minimum atomic E-state index is -0.610. The van der Waals surface area contributed by atoms with Gasteiger partial charge in [0.15, 0.2) is 0 Å². The van der Waals surface area contributed by atoms with E-state index in [-0.39, 0.29) is 49.2 Å². The lowest BCUT2D eigenvalue weighted by Crippen LogP contribution is -2.27. The third kappa shape index (κ3) is 6.64. The zero-order valence-corrected chi connectivity index (χ0v) is 17.8. The van der Waals surface area contributed by atoms with E-state index in [4.69, 9.17) is 15.3 Å². The zero-order chi connectivity index (χ0) is 23.5. The molecule has 0 unspecified atom stereocenters. The fraction of sp³-hybridized carbons (Fsp3) is 0.381. The van der Waals surface area contributed by atoms with Gasteiger partial charge in [-0.05, 0) is 30.2 Å². The number of ether oxygens (including phenoxy) is 1. The van der Waals surface area contributed by atoms with Crippen LogP contribution in [0.5, 0.6) is 0 Å². The summed E-state index contributed by atoms with van der Waals surface area (Å²) in [7, 11) is 0. The van der Waals surface area contributed by atoms with Crippen LogP contribution >= 0.6 is 0 Å². The number of nitrogens with zero attached hydrogens (tertiary/aromatic N) is 6. The van der Waals surface area contributed by atoms with Gasteiger partial charge in [0.25, 0.3) is 0 Å². The Labute approximate surface area is 185 Å². The summed E-state index contributed by atoms with van der Waals surface area (Å²) in [6.07, 6.45) is 1.40. The number of esters is 1. The van der Waals surface area contributed by atoms with Gasteiger partial charge < -0.3 is 15.0 Å². The lowest BCUT2D eigenvalue weighted by Gasteiger charge is -2.21. The molecule has 1 heterocycles. The number of nitrogens with one attached hydrogen (secondary N) is 1. The molecule has 2 aromatic rings. The van der Waals surface area contributed by atoms with Crippen LogP contribution in [0.1, 0.15) is 37.0 Å². The summed E-state index contributed by atoms with van der Waals surface area (Å²) < 4.78 is 5.18. The van der Waals surface area contributed by atoms with E-state index in [1.165, 1.54) is 11.2 Å². The fourth-order valence-electron chi connectivity index (χ4n) is 2.71. The first-order chi connectivity index (χ1) is 15.4. The first-order valence-corrected chi connectivity index (χ1v) is 9.89. The highest BCUT2D eigenvalue weighted by atomic mass is 16.6. The van der Waals surface area contributed by atoms with E-state index < -0.39 is 10.9 Å². The van der Waals surface area contributed by atoms with Crippen LogP contribution in [0.2, 0.25) is 0 Å². The first-order valence-electron chi connectivity index (χ1n) is 9.89. The van der Waals surface area contributed by atoms with Gasteiger partial charge in [-0.15, -0.1) is 0 Å². The van der Waals surface area contributed by atoms with Gasteiger partial charge >= 0.3 is 11.7 Å². The third-order valence-corrected chi connectivity index (χ3v) is 4.20. The molecule has 0 radical (unpaired) electrons. The topological polar surface area (TPSA) is 158 Å². The Hall–Kier alpha value is -4.25. The third-order valence-electron chi connectivity index (χ3n) is 4.20. The monoisotopic (exact) mass is 437 g/mol. The van der Waals surface area contributed by atoms with Gasteiger partial charge in [0.2, 0.25) is 11.6 Å². The lowest BCUT2D eigenvalue weighted by atomic mass is 10.2. The fourth-order valence-corrected chi connectivity index (χ4v) is 2.71. The Balaban J connectivity index is 2.29. The molecular weight excluding hydrogens is 414 g/mol. The number of nitro groups is 1. The summed E-state index contributed by atoms with van der Waals surface area (Å²) in [6, 6.07) is 10.2. The van der Waals surface area contributed by atoms with Crippen LogP contribution < -0.4 is 10.2 Å². The van der Waals surface area contributed by atoms with E-state index in [9.17, 15) is 14.9 Å². The second-order valence-corrected chi connectivity index (χ2v) is 7.15. The second kappa shape index (κ2) is 11.8. The predicted octanol–water partition coefficient (Wildman–Crippen LogP) is 3.57. The lowest BCUT2D eigenvalue weighted by molar-refractivity contribution is -0.383. The molecule has 0 amide bonds. The van der Waals surface area contributed by atoms with Gasteiger partial charge in [0, 0.05) is 18.8 Å². The highest BCUT2D eigenvalue weighted by Gasteiger charge is 2.27. The van der Waals surface area contributed by atoms with Crippen LogP contribution in [0.15, 0.2) is 30.6 Å². The van der Waals surface area contributed by atoms with Crippen LogP contribution in [-0.2, 0) is 4.74 Å². The van der Waals surface area contributed by atoms with Crippen LogP contribution in [0.25, 0.3) is 0 Å². The molecule has 166 valence electrons. The maximum absolute atomic E-state index is 12.1. The van der Waals surface area contributed by atoms with Gasteiger partial charge in [-0.2, -0.15) is 10.5 Å². The van der Waals surface area contributed by atoms with Crippen molar-refractivity contribution >= 4 is 29.0 Å². The zero-order valence-electron chi connectivity index (χ0n) is 17.8. The standard InChI is InChI=1S/C21H23N7O4/c1-15(2)13-32-21(29)16-5-7-17(8-6-16)26-19-18(28(30)31)20(25-14-24-19)27(11-3-9-22)12-4-10-23/h5-8,14-15H,3-4,11-13H2,1-2H3,(H,24,25,26). The van der Waals surface area contributed by atoms with Crippen molar-refractivity contribution in [3.05, 3.63) is 46.3 Å². The molecule has 1 aromatic heterocycles. The van der Waals surface area contributed by atoms with Gasteiger partial charge in [0.05, 0.1) is 42.1 Å². The Bertz CT molecular complexity index is 1010. The Morgan fingerprint density at radius 2 is 1.81 bits per heavy atom. The summed E-state index contributed by atoms with van der Waals surface area (Å²) in [4.78, 5) is 32.8. The molecule has 2 rings (SSSR count). The largest absolute Gasteiger partial charge is 0.462 e. The Morgan fingerprint density at radius 1 is 1.19 bits per heavy atom. The second-order valence-electron chi connectivity index (χ2n) is 7.15. The molecule has 0 spiro atoms. The van der Waals surface area contributed by atoms with Crippen molar-refractivity contribution in [1.29, 1.82) is 10.5 Å². The average Bonchev–Trinajstić information content (AvgIpc) is 2.77. The number of carbonyl (C=O) groups is 1. The van der Waals surface area contributed by atoms with E-state index in [0.717, 1.165) is 0 Å². The van der Waals surface area contributed by atoms with E-state index in [0.29, 0.717) is 17.9 Å². The molecule has 0 aliphatic rings.